The standard InChI is InChI=1S/C16H16ClFN2O2/c1-10-3-4-11(2)13(7-10)22-14-6-5-12(8-19-14)9-20-16(21)15(17)18/h3-8,15H,9H2,1-2H3,(H,20,21). The number of pyridine rings is 1. The molecule has 0 bridgehead atoms. The molecular formula is C16H16ClFN2O2. The number of hydrogen-bond acceptors (Lipinski definition) is 3. The quantitative estimate of drug-likeness (QED) is 0.855. The maximum atomic E-state index is 12.5. The molecule has 0 saturated heterocycles. The first-order valence-corrected chi connectivity index (χ1v) is 7.15. The highest BCUT2D eigenvalue weighted by atomic mass is 35.5. The van der Waals surface area contributed by atoms with Gasteiger partial charge in [0.2, 0.25) is 5.88 Å². The molecule has 2 rings (SSSR count). The van der Waals surface area contributed by atoms with E-state index in [0.717, 1.165) is 22.4 Å². The van der Waals surface area contributed by atoms with Crippen molar-refractivity contribution < 1.29 is 13.9 Å². The summed E-state index contributed by atoms with van der Waals surface area (Å²) in [4.78, 5) is 15.2. The van der Waals surface area contributed by atoms with Gasteiger partial charge in [-0.15, -0.1) is 0 Å². The number of aryl methyl sites for hydroxylation is 2. The summed E-state index contributed by atoms with van der Waals surface area (Å²) in [6.07, 6.45) is 1.56. The molecule has 1 amide bonds. The van der Waals surface area contributed by atoms with Crippen molar-refractivity contribution in [3.05, 3.63) is 53.2 Å². The molecular weight excluding hydrogens is 307 g/mol. The van der Waals surface area contributed by atoms with Gasteiger partial charge in [0.15, 0.2) is 0 Å². The van der Waals surface area contributed by atoms with Gasteiger partial charge in [-0.1, -0.05) is 29.8 Å². The summed E-state index contributed by atoms with van der Waals surface area (Å²) in [6, 6.07) is 9.36. The lowest BCUT2D eigenvalue weighted by atomic mass is 10.1. The van der Waals surface area contributed by atoms with Gasteiger partial charge in [0.1, 0.15) is 5.75 Å². The van der Waals surface area contributed by atoms with Crippen LogP contribution >= 0.6 is 11.6 Å². The molecule has 1 aromatic carbocycles. The van der Waals surface area contributed by atoms with E-state index in [1.807, 2.05) is 32.0 Å². The molecule has 0 aliphatic rings. The second kappa shape index (κ2) is 7.22. The van der Waals surface area contributed by atoms with Crippen molar-refractivity contribution in [3.8, 4) is 11.6 Å². The fourth-order valence-electron chi connectivity index (χ4n) is 1.77. The zero-order valence-electron chi connectivity index (χ0n) is 12.3. The molecule has 6 heteroatoms. The van der Waals surface area contributed by atoms with Crippen molar-refractivity contribution in [1.29, 1.82) is 0 Å². The molecule has 1 atom stereocenters. The van der Waals surface area contributed by atoms with Crippen LogP contribution in [0.25, 0.3) is 0 Å². The summed E-state index contributed by atoms with van der Waals surface area (Å²) in [7, 11) is 0. The highest BCUT2D eigenvalue weighted by Crippen LogP contribution is 2.24. The normalized spacial score (nSPS) is 11.8. The molecule has 0 aliphatic carbocycles. The number of alkyl halides is 2. The Labute approximate surface area is 133 Å². The van der Waals surface area contributed by atoms with Gasteiger partial charge < -0.3 is 10.1 Å². The number of nitrogens with one attached hydrogen (secondary N) is 1. The zero-order chi connectivity index (χ0) is 16.1. The molecule has 0 radical (unpaired) electrons. The Balaban J connectivity index is 2.00. The van der Waals surface area contributed by atoms with Crippen LogP contribution in [-0.4, -0.2) is 16.5 Å². The largest absolute Gasteiger partial charge is 0.439 e. The molecule has 2 aromatic rings. The minimum absolute atomic E-state index is 0.155. The van der Waals surface area contributed by atoms with Crippen molar-refractivity contribution in [2.24, 2.45) is 0 Å². The van der Waals surface area contributed by atoms with E-state index in [2.05, 4.69) is 10.3 Å². The minimum Gasteiger partial charge on any atom is -0.439 e. The number of carbonyl (C=O) groups is 1. The van der Waals surface area contributed by atoms with E-state index in [4.69, 9.17) is 16.3 Å². The van der Waals surface area contributed by atoms with Crippen molar-refractivity contribution >= 4 is 17.5 Å². The number of carbonyl (C=O) groups excluding carboxylic acids is 1. The first-order valence-electron chi connectivity index (χ1n) is 6.71. The molecule has 1 heterocycles. The summed E-state index contributed by atoms with van der Waals surface area (Å²) in [5.74, 6) is 0.331. The smallest absolute Gasteiger partial charge is 0.270 e. The SMILES string of the molecule is Cc1ccc(C)c(Oc2ccc(CNC(=O)C(F)Cl)cn2)c1. The molecule has 116 valence electrons. The number of aromatic nitrogens is 1. The first-order chi connectivity index (χ1) is 10.5. The third-order valence-electron chi connectivity index (χ3n) is 3.02. The van der Waals surface area contributed by atoms with E-state index in [-0.39, 0.29) is 6.54 Å². The number of nitrogens with zero attached hydrogens (tertiary/aromatic N) is 1. The number of amides is 1. The fourth-order valence-corrected chi connectivity index (χ4v) is 1.85. The molecule has 0 fully saturated rings. The van der Waals surface area contributed by atoms with Gasteiger partial charge in [0, 0.05) is 18.8 Å². The van der Waals surface area contributed by atoms with Crippen LogP contribution < -0.4 is 10.1 Å². The van der Waals surface area contributed by atoms with E-state index in [1.165, 1.54) is 0 Å². The summed E-state index contributed by atoms with van der Waals surface area (Å²) in [5, 5.41) is 2.36. The molecule has 0 spiro atoms. The molecule has 0 aliphatic heterocycles. The van der Waals surface area contributed by atoms with Gasteiger partial charge in [-0.2, -0.15) is 0 Å². The molecule has 1 aromatic heterocycles. The lowest BCUT2D eigenvalue weighted by Crippen LogP contribution is -2.28. The van der Waals surface area contributed by atoms with Gasteiger partial charge in [0.05, 0.1) is 0 Å². The fraction of sp³-hybridized carbons (Fsp3) is 0.250. The van der Waals surface area contributed by atoms with E-state index in [0.29, 0.717) is 5.88 Å². The molecule has 4 nitrogen and oxygen atoms in total. The number of hydrogen-bond donors (Lipinski definition) is 1. The molecule has 22 heavy (non-hydrogen) atoms. The Kier molecular flexibility index (Phi) is 5.33. The van der Waals surface area contributed by atoms with E-state index < -0.39 is 11.5 Å². The van der Waals surface area contributed by atoms with Crippen molar-refractivity contribution in [1.82, 2.24) is 10.3 Å². The lowest BCUT2D eigenvalue weighted by Gasteiger charge is -2.09. The Hall–Kier alpha value is -2.14. The topological polar surface area (TPSA) is 51.2 Å². The Bertz CT molecular complexity index is 660. The average molecular weight is 323 g/mol. The Morgan fingerprint density at radius 3 is 2.77 bits per heavy atom. The second-order valence-corrected chi connectivity index (χ2v) is 5.28. The van der Waals surface area contributed by atoms with Crippen LogP contribution in [-0.2, 0) is 11.3 Å². The van der Waals surface area contributed by atoms with Crippen LogP contribution in [0.1, 0.15) is 16.7 Å². The average Bonchev–Trinajstić information content (AvgIpc) is 2.49. The third kappa shape index (κ3) is 4.43. The Morgan fingerprint density at radius 2 is 2.14 bits per heavy atom. The van der Waals surface area contributed by atoms with Crippen LogP contribution in [0.3, 0.4) is 0 Å². The van der Waals surface area contributed by atoms with E-state index >= 15 is 0 Å². The summed E-state index contributed by atoms with van der Waals surface area (Å²) >= 11 is 5.02. The maximum absolute atomic E-state index is 12.5. The van der Waals surface area contributed by atoms with Crippen LogP contribution in [0.15, 0.2) is 36.5 Å². The predicted molar refractivity (Wildman–Crippen MR) is 82.8 cm³/mol. The number of rotatable bonds is 5. The van der Waals surface area contributed by atoms with Crippen molar-refractivity contribution in [2.45, 2.75) is 26.0 Å². The molecule has 1 unspecified atom stereocenters. The van der Waals surface area contributed by atoms with Crippen LogP contribution in [0, 0.1) is 13.8 Å². The van der Waals surface area contributed by atoms with E-state index in [9.17, 15) is 9.18 Å². The first kappa shape index (κ1) is 16.2. The van der Waals surface area contributed by atoms with E-state index in [1.54, 1.807) is 18.3 Å². The number of halogens is 2. The van der Waals surface area contributed by atoms with Gasteiger partial charge in [-0.3, -0.25) is 4.79 Å². The van der Waals surface area contributed by atoms with Gasteiger partial charge in [0.25, 0.3) is 11.5 Å². The summed E-state index contributed by atoms with van der Waals surface area (Å²) < 4.78 is 18.2. The van der Waals surface area contributed by atoms with Crippen molar-refractivity contribution in [2.75, 3.05) is 0 Å². The lowest BCUT2D eigenvalue weighted by molar-refractivity contribution is -0.123. The second-order valence-electron chi connectivity index (χ2n) is 4.89. The Morgan fingerprint density at radius 1 is 1.36 bits per heavy atom. The monoisotopic (exact) mass is 322 g/mol. The highest BCUT2D eigenvalue weighted by molar-refractivity contribution is 6.29. The third-order valence-corrected chi connectivity index (χ3v) is 3.22. The highest BCUT2D eigenvalue weighted by Gasteiger charge is 2.12. The zero-order valence-corrected chi connectivity index (χ0v) is 13.0. The summed E-state index contributed by atoms with van der Waals surface area (Å²) in [6.45, 7) is 4.10. The van der Waals surface area contributed by atoms with Crippen LogP contribution in [0.5, 0.6) is 11.6 Å². The van der Waals surface area contributed by atoms with Gasteiger partial charge >= 0.3 is 0 Å². The molecule has 1 N–H and O–H groups in total. The summed E-state index contributed by atoms with van der Waals surface area (Å²) in [5.41, 5.74) is 0.792. The van der Waals surface area contributed by atoms with Gasteiger partial charge in [-0.25, -0.2) is 9.37 Å². The maximum Gasteiger partial charge on any atom is 0.270 e. The van der Waals surface area contributed by atoms with Gasteiger partial charge in [-0.05, 0) is 36.6 Å². The number of ether oxygens (including phenoxy) is 1. The predicted octanol–water partition coefficient (Wildman–Crippen LogP) is 3.64. The minimum atomic E-state index is -2.04. The number of benzene rings is 1. The van der Waals surface area contributed by atoms with Crippen LogP contribution in [0.4, 0.5) is 4.39 Å². The van der Waals surface area contributed by atoms with Crippen molar-refractivity contribution in [3.63, 3.8) is 0 Å². The van der Waals surface area contributed by atoms with Crippen LogP contribution in [0.2, 0.25) is 0 Å². The molecule has 0 saturated carbocycles.